The Morgan fingerprint density at radius 1 is 1.40 bits per heavy atom. The molecule has 0 saturated carbocycles. The van der Waals surface area contributed by atoms with Crippen molar-refractivity contribution >= 4 is 0 Å². The van der Waals surface area contributed by atoms with E-state index in [1.165, 1.54) is 11.6 Å². The van der Waals surface area contributed by atoms with Crippen molar-refractivity contribution < 1.29 is 4.39 Å². The summed E-state index contributed by atoms with van der Waals surface area (Å²) in [7, 11) is 0. The molecule has 0 spiro atoms. The molecule has 1 aliphatic carbocycles. The molecule has 0 fully saturated rings. The van der Waals surface area contributed by atoms with Gasteiger partial charge in [-0.15, -0.1) is 0 Å². The van der Waals surface area contributed by atoms with Crippen molar-refractivity contribution in [3.05, 3.63) is 53.4 Å². The lowest BCUT2D eigenvalue weighted by Crippen LogP contribution is -1.96. The Morgan fingerprint density at radius 3 is 3.13 bits per heavy atom. The minimum absolute atomic E-state index is 0.153. The van der Waals surface area contributed by atoms with Gasteiger partial charge in [-0.1, -0.05) is 6.07 Å². The molecule has 2 aromatic rings. The van der Waals surface area contributed by atoms with Gasteiger partial charge in [-0.3, -0.25) is 0 Å². The number of nitrogens with one attached hydrogen (secondary N) is 1. The molecule has 1 aromatic heterocycles. The molecule has 0 saturated heterocycles. The summed E-state index contributed by atoms with van der Waals surface area (Å²) in [5, 5.41) is 0. The fourth-order valence-electron chi connectivity index (χ4n) is 2.35. The second-order valence-electron chi connectivity index (χ2n) is 3.94. The molecule has 1 atom stereocenters. The first-order valence-corrected chi connectivity index (χ1v) is 5.11. The summed E-state index contributed by atoms with van der Waals surface area (Å²) in [6.07, 6.45) is 5.57. The van der Waals surface area contributed by atoms with Gasteiger partial charge in [0.25, 0.3) is 0 Å². The van der Waals surface area contributed by atoms with Crippen molar-refractivity contribution in [3.63, 3.8) is 0 Å². The third kappa shape index (κ3) is 1.35. The molecular weight excluding hydrogens is 191 g/mol. The van der Waals surface area contributed by atoms with Gasteiger partial charge in [-0.25, -0.2) is 9.37 Å². The van der Waals surface area contributed by atoms with Crippen molar-refractivity contribution in [2.45, 2.75) is 18.8 Å². The minimum atomic E-state index is -0.153. The topological polar surface area (TPSA) is 28.7 Å². The maximum atomic E-state index is 13.2. The van der Waals surface area contributed by atoms with Crippen LogP contribution in [-0.4, -0.2) is 9.97 Å². The SMILES string of the molecule is Fc1ccc2c(c1)C(c1cnc[nH]1)CC2. The van der Waals surface area contributed by atoms with Crippen LogP contribution in [0.5, 0.6) is 0 Å². The molecule has 0 bridgehead atoms. The van der Waals surface area contributed by atoms with Crippen LogP contribution >= 0.6 is 0 Å². The molecule has 1 unspecified atom stereocenters. The molecule has 76 valence electrons. The van der Waals surface area contributed by atoms with Crippen molar-refractivity contribution in [3.8, 4) is 0 Å². The van der Waals surface area contributed by atoms with E-state index in [4.69, 9.17) is 0 Å². The first kappa shape index (κ1) is 8.65. The van der Waals surface area contributed by atoms with E-state index in [1.54, 1.807) is 12.4 Å². The van der Waals surface area contributed by atoms with E-state index in [2.05, 4.69) is 9.97 Å². The molecule has 0 amide bonds. The highest BCUT2D eigenvalue weighted by atomic mass is 19.1. The molecule has 1 aromatic carbocycles. The zero-order chi connectivity index (χ0) is 10.3. The first-order valence-electron chi connectivity index (χ1n) is 5.11. The normalized spacial score (nSPS) is 19.1. The molecule has 1 N–H and O–H groups in total. The molecule has 0 radical (unpaired) electrons. The van der Waals surface area contributed by atoms with E-state index in [0.717, 1.165) is 24.1 Å². The number of imidazole rings is 1. The molecule has 3 heteroatoms. The lowest BCUT2D eigenvalue weighted by Gasteiger charge is -2.08. The summed E-state index contributed by atoms with van der Waals surface area (Å²) in [6.45, 7) is 0. The Morgan fingerprint density at radius 2 is 2.33 bits per heavy atom. The molecule has 1 aliphatic rings. The van der Waals surface area contributed by atoms with E-state index >= 15 is 0 Å². The van der Waals surface area contributed by atoms with Crippen LogP contribution in [0.2, 0.25) is 0 Å². The highest BCUT2D eigenvalue weighted by Crippen LogP contribution is 2.37. The molecule has 15 heavy (non-hydrogen) atoms. The van der Waals surface area contributed by atoms with Crippen LogP contribution in [0.15, 0.2) is 30.7 Å². The lowest BCUT2D eigenvalue weighted by atomic mass is 9.98. The van der Waals surface area contributed by atoms with Crippen LogP contribution < -0.4 is 0 Å². The first-order chi connectivity index (χ1) is 7.34. The van der Waals surface area contributed by atoms with Crippen molar-refractivity contribution in [1.29, 1.82) is 0 Å². The maximum Gasteiger partial charge on any atom is 0.123 e. The highest BCUT2D eigenvalue weighted by Gasteiger charge is 2.25. The Kier molecular flexibility index (Phi) is 1.84. The summed E-state index contributed by atoms with van der Waals surface area (Å²) >= 11 is 0. The fraction of sp³-hybridized carbons (Fsp3) is 0.250. The summed E-state index contributed by atoms with van der Waals surface area (Å²) in [6, 6.07) is 5.07. The number of aromatic amines is 1. The predicted octanol–water partition coefficient (Wildman–Crippen LogP) is 2.63. The molecule has 0 aliphatic heterocycles. The van der Waals surface area contributed by atoms with Gasteiger partial charge in [0.1, 0.15) is 5.82 Å². The number of benzene rings is 1. The molecule has 3 rings (SSSR count). The number of hydrogen-bond acceptors (Lipinski definition) is 1. The number of hydrogen-bond donors (Lipinski definition) is 1. The van der Waals surface area contributed by atoms with Gasteiger partial charge in [-0.05, 0) is 36.1 Å². The van der Waals surface area contributed by atoms with E-state index < -0.39 is 0 Å². The van der Waals surface area contributed by atoms with E-state index in [-0.39, 0.29) is 11.7 Å². The van der Waals surface area contributed by atoms with Gasteiger partial charge in [0.15, 0.2) is 0 Å². The van der Waals surface area contributed by atoms with Crippen LogP contribution in [0.25, 0.3) is 0 Å². The van der Waals surface area contributed by atoms with Gasteiger partial charge in [0.05, 0.1) is 6.33 Å². The average Bonchev–Trinajstić information content (AvgIpc) is 2.83. The third-order valence-corrected chi connectivity index (χ3v) is 3.08. The zero-order valence-corrected chi connectivity index (χ0v) is 8.20. The Labute approximate surface area is 87.2 Å². The van der Waals surface area contributed by atoms with Crippen molar-refractivity contribution in [2.24, 2.45) is 0 Å². The third-order valence-electron chi connectivity index (χ3n) is 3.08. The number of halogens is 1. The number of aryl methyl sites for hydroxylation is 1. The highest BCUT2D eigenvalue weighted by molar-refractivity contribution is 5.39. The quantitative estimate of drug-likeness (QED) is 0.756. The van der Waals surface area contributed by atoms with Crippen LogP contribution in [-0.2, 0) is 6.42 Å². The van der Waals surface area contributed by atoms with E-state index in [9.17, 15) is 4.39 Å². The standard InChI is InChI=1S/C12H11FN2/c13-9-3-1-8-2-4-10(11(8)5-9)12-6-14-7-15-12/h1,3,5-7,10H,2,4H2,(H,14,15). The zero-order valence-electron chi connectivity index (χ0n) is 8.20. The van der Waals surface area contributed by atoms with Crippen molar-refractivity contribution in [1.82, 2.24) is 9.97 Å². The molecule has 2 nitrogen and oxygen atoms in total. The lowest BCUT2D eigenvalue weighted by molar-refractivity contribution is 0.624. The van der Waals surface area contributed by atoms with Crippen molar-refractivity contribution in [2.75, 3.05) is 0 Å². The van der Waals surface area contributed by atoms with Crippen LogP contribution in [0, 0.1) is 5.82 Å². The largest absolute Gasteiger partial charge is 0.348 e. The second kappa shape index (κ2) is 3.19. The average molecular weight is 202 g/mol. The fourth-order valence-corrected chi connectivity index (χ4v) is 2.35. The van der Waals surface area contributed by atoms with Gasteiger partial charge in [-0.2, -0.15) is 0 Å². The van der Waals surface area contributed by atoms with Gasteiger partial charge < -0.3 is 4.98 Å². The number of fused-ring (bicyclic) bond motifs is 1. The number of rotatable bonds is 1. The van der Waals surface area contributed by atoms with Gasteiger partial charge in [0.2, 0.25) is 0 Å². The maximum absolute atomic E-state index is 13.2. The Hall–Kier alpha value is -1.64. The molecular formula is C12H11FN2. The van der Waals surface area contributed by atoms with Gasteiger partial charge >= 0.3 is 0 Å². The Balaban J connectivity index is 2.08. The minimum Gasteiger partial charge on any atom is -0.348 e. The number of nitrogens with zero attached hydrogens (tertiary/aromatic N) is 1. The van der Waals surface area contributed by atoms with Crippen LogP contribution in [0.1, 0.15) is 29.2 Å². The van der Waals surface area contributed by atoms with Gasteiger partial charge in [0, 0.05) is 17.8 Å². The Bertz CT molecular complexity index is 476. The number of H-pyrrole nitrogens is 1. The van der Waals surface area contributed by atoms with E-state index in [0.29, 0.717) is 0 Å². The smallest absolute Gasteiger partial charge is 0.123 e. The van der Waals surface area contributed by atoms with Crippen LogP contribution in [0.3, 0.4) is 0 Å². The monoisotopic (exact) mass is 202 g/mol. The van der Waals surface area contributed by atoms with Crippen LogP contribution in [0.4, 0.5) is 4.39 Å². The predicted molar refractivity (Wildman–Crippen MR) is 55.2 cm³/mol. The molecule has 1 heterocycles. The summed E-state index contributed by atoms with van der Waals surface area (Å²) in [5.74, 6) is 0.137. The summed E-state index contributed by atoms with van der Waals surface area (Å²) in [4.78, 5) is 7.12. The second-order valence-corrected chi connectivity index (χ2v) is 3.94. The summed E-state index contributed by atoms with van der Waals surface area (Å²) in [5.41, 5.74) is 3.45. The summed E-state index contributed by atoms with van der Waals surface area (Å²) < 4.78 is 13.2. The van der Waals surface area contributed by atoms with E-state index in [1.807, 2.05) is 12.3 Å². The number of aromatic nitrogens is 2.